The van der Waals surface area contributed by atoms with Crippen LogP contribution in [0.5, 0.6) is 0 Å². The van der Waals surface area contributed by atoms with E-state index in [1.807, 2.05) is 6.92 Å². The van der Waals surface area contributed by atoms with Gasteiger partial charge in [-0.1, -0.05) is 27.2 Å². The average molecular weight is 392 g/mol. The van der Waals surface area contributed by atoms with E-state index in [1.54, 1.807) is 11.8 Å². The van der Waals surface area contributed by atoms with Crippen molar-refractivity contribution in [1.82, 2.24) is 4.90 Å². The number of rotatable bonds is 11. The number of amides is 1. The third-order valence-corrected chi connectivity index (χ3v) is 6.21. The molecule has 2 unspecified atom stereocenters. The fourth-order valence-electron chi connectivity index (χ4n) is 2.74. The quantitative estimate of drug-likeness (QED) is 0.499. The predicted octanol–water partition coefficient (Wildman–Crippen LogP) is 1.80. The first kappa shape index (κ1) is 22.9. The number of carbonyl (C=O) groups excluding carboxylic acids is 2. The van der Waals surface area contributed by atoms with Crippen molar-refractivity contribution < 1.29 is 27.5 Å². The van der Waals surface area contributed by atoms with Gasteiger partial charge in [0.2, 0.25) is 0 Å². The molecular weight excluding hydrogens is 358 g/mol. The second-order valence-corrected chi connectivity index (χ2v) is 9.53. The lowest BCUT2D eigenvalue weighted by Gasteiger charge is -2.28. The maximum Gasteiger partial charge on any atom is 0.335 e. The summed E-state index contributed by atoms with van der Waals surface area (Å²) < 4.78 is 33.9. The van der Waals surface area contributed by atoms with Crippen LogP contribution in [-0.4, -0.2) is 68.6 Å². The average Bonchev–Trinajstić information content (AvgIpc) is 2.92. The molecule has 1 aliphatic rings. The summed E-state index contributed by atoms with van der Waals surface area (Å²) in [5, 5.41) is 0. The van der Waals surface area contributed by atoms with Gasteiger partial charge in [0.15, 0.2) is 22.5 Å². The molecule has 8 heteroatoms. The number of ether oxygens (including phenoxy) is 2. The van der Waals surface area contributed by atoms with E-state index >= 15 is 0 Å². The minimum absolute atomic E-state index is 0.00881. The van der Waals surface area contributed by atoms with Gasteiger partial charge in [0.25, 0.3) is 5.91 Å². The van der Waals surface area contributed by atoms with Gasteiger partial charge in [0.05, 0.1) is 11.5 Å². The topological polar surface area (TPSA) is 90.0 Å². The Bertz CT molecular complexity index is 560. The molecular formula is C18H33NO6S. The summed E-state index contributed by atoms with van der Waals surface area (Å²) in [6.07, 6.45) is 2.24. The predicted molar refractivity (Wildman–Crippen MR) is 99.5 cm³/mol. The van der Waals surface area contributed by atoms with Crippen LogP contribution in [0.2, 0.25) is 0 Å². The van der Waals surface area contributed by atoms with Crippen LogP contribution >= 0.6 is 0 Å². The zero-order chi connectivity index (χ0) is 19.7. The first-order valence-corrected chi connectivity index (χ1v) is 11.3. The Balaban J connectivity index is 2.51. The van der Waals surface area contributed by atoms with Gasteiger partial charge < -0.3 is 14.4 Å². The molecule has 1 amide bonds. The smallest absolute Gasteiger partial charge is 0.335 e. The van der Waals surface area contributed by atoms with Crippen LogP contribution in [0.4, 0.5) is 0 Å². The van der Waals surface area contributed by atoms with Gasteiger partial charge >= 0.3 is 5.97 Å². The van der Waals surface area contributed by atoms with Gasteiger partial charge in [-0.05, 0) is 32.1 Å². The SMILES string of the molecule is CCCCN(C(=O)COC(=O)C(C)OCCC(C)C)C1CCS(=O)(=O)C1. The Labute approximate surface area is 157 Å². The summed E-state index contributed by atoms with van der Waals surface area (Å²) in [5.41, 5.74) is 0. The summed E-state index contributed by atoms with van der Waals surface area (Å²) >= 11 is 0. The molecule has 1 saturated heterocycles. The van der Waals surface area contributed by atoms with Gasteiger partial charge in [0.1, 0.15) is 0 Å². The molecule has 0 N–H and O–H groups in total. The third-order valence-electron chi connectivity index (χ3n) is 4.45. The summed E-state index contributed by atoms with van der Waals surface area (Å²) in [7, 11) is -3.08. The molecule has 0 saturated carbocycles. The molecule has 0 radical (unpaired) electrons. The van der Waals surface area contributed by atoms with E-state index in [-0.39, 0.29) is 30.1 Å². The Kier molecular flexibility index (Phi) is 9.57. The van der Waals surface area contributed by atoms with Gasteiger partial charge in [-0.15, -0.1) is 0 Å². The van der Waals surface area contributed by atoms with Crippen molar-refractivity contribution in [2.45, 2.75) is 65.5 Å². The second kappa shape index (κ2) is 10.9. The molecule has 0 aliphatic carbocycles. The van der Waals surface area contributed by atoms with Crippen molar-refractivity contribution >= 4 is 21.7 Å². The largest absolute Gasteiger partial charge is 0.454 e. The number of hydrogen-bond acceptors (Lipinski definition) is 6. The molecule has 1 fully saturated rings. The highest BCUT2D eigenvalue weighted by Crippen LogP contribution is 2.19. The minimum atomic E-state index is -3.08. The normalized spacial score (nSPS) is 20.1. The van der Waals surface area contributed by atoms with Crippen LogP contribution in [-0.2, 0) is 28.9 Å². The van der Waals surface area contributed by atoms with E-state index < -0.39 is 21.9 Å². The van der Waals surface area contributed by atoms with Crippen LogP contribution in [0, 0.1) is 5.92 Å². The summed E-state index contributed by atoms with van der Waals surface area (Å²) in [5.74, 6) is -0.339. The van der Waals surface area contributed by atoms with Gasteiger partial charge in [0, 0.05) is 19.2 Å². The van der Waals surface area contributed by atoms with E-state index in [2.05, 4.69) is 13.8 Å². The Morgan fingerprint density at radius 1 is 1.23 bits per heavy atom. The van der Waals surface area contributed by atoms with Gasteiger partial charge in [-0.25, -0.2) is 13.2 Å². The standard InChI is InChI=1S/C18H33NO6S/c1-5-6-9-19(16-8-11-26(22,23)13-16)17(20)12-25-18(21)15(4)24-10-7-14(2)3/h14-16H,5-13H2,1-4H3. The molecule has 1 heterocycles. The zero-order valence-corrected chi connectivity index (χ0v) is 17.2. The number of unbranched alkanes of at least 4 members (excludes halogenated alkanes) is 1. The zero-order valence-electron chi connectivity index (χ0n) is 16.4. The van der Waals surface area contributed by atoms with Crippen molar-refractivity contribution in [3.8, 4) is 0 Å². The minimum Gasteiger partial charge on any atom is -0.454 e. The lowest BCUT2D eigenvalue weighted by atomic mass is 10.1. The van der Waals surface area contributed by atoms with Crippen molar-refractivity contribution in [2.75, 3.05) is 31.3 Å². The fourth-order valence-corrected chi connectivity index (χ4v) is 4.47. The number of esters is 1. The highest BCUT2D eigenvalue weighted by Gasteiger charge is 2.34. The highest BCUT2D eigenvalue weighted by molar-refractivity contribution is 7.91. The first-order valence-electron chi connectivity index (χ1n) is 9.44. The summed E-state index contributed by atoms with van der Waals surface area (Å²) in [6, 6.07) is -0.322. The molecule has 152 valence electrons. The first-order chi connectivity index (χ1) is 12.2. The van der Waals surface area contributed by atoms with Crippen molar-refractivity contribution in [3.63, 3.8) is 0 Å². The molecule has 26 heavy (non-hydrogen) atoms. The molecule has 2 atom stereocenters. The molecule has 1 rings (SSSR count). The molecule has 0 aromatic carbocycles. The van der Waals surface area contributed by atoms with E-state index in [4.69, 9.17) is 9.47 Å². The monoisotopic (exact) mass is 391 g/mol. The second-order valence-electron chi connectivity index (χ2n) is 7.30. The number of hydrogen-bond donors (Lipinski definition) is 0. The molecule has 0 aromatic heterocycles. The van der Waals surface area contributed by atoms with Crippen LogP contribution < -0.4 is 0 Å². The molecule has 7 nitrogen and oxygen atoms in total. The van der Waals surface area contributed by atoms with Gasteiger partial charge in [-0.2, -0.15) is 0 Å². The Hall–Kier alpha value is -1.15. The van der Waals surface area contributed by atoms with Crippen LogP contribution in [0.1, 0.15) is 53.4 Å². The molecule has 0 bridgehead atoms. The van der Waals surface area contributed by atoms with Crippen LogP contribution in [0.25, 0.3) is 0 Å². The number of sulfone groups is 1. The van der Waals surface area contributed by atoms with Crippen molar-refractivity contribution in [1.29, 1.82) is 0 Å². The molecule has 1 aliphatic heterocycles. The number of carbonyl (C=O) groups is 2. The third kappa shape index (κ3) is 8.03. The maximum absolute atomic E-state index is 12.5. The van der Waals surface area contributed by atoms with Gasteiger partial charge in [-0.3, -0.25) is 4.79 Å². The van der Waals surface area contributed by atoms with E-state index in [0.717, 1.165) is 19.3 Å². The van der Waals surface area contributed by atoms with E-state index in [9.17, 15) is 18.0 Å². The summed E-state index contributed by atoms with van der Waals surface area (Å²) in [4.78, 5) is 26.0. The lowest BCUT2D eigenvalue weighted by Crippen LogP contribution is -2.44. The van der Waals surface area contributed by atoms with E-state index in [1.165, 1.54) is 0 Å². The fraction of sp³-hybridized carbons (Fsp3) is 0.889. The van der Waals surface area contributed by atoms with Crippen LogP contribution in [0.15, 0.2) is 0 Å². The van der Waals surface area contributed by atoms with Crippen molar-refractivity contribution in [2.24, 2.45) is 5.92 Å². The molecule has 0 spiro atoms. The lowest BCUT2D eigenvalue weighted by molar-refractivity contribution is -0.162. The highest BCUT2D eigenvalue weighted by atomic mass is 32.2. The number of nitrogens with zero attached hydrogens (tertiary/aromatic N) is 1. The Morgan fingerprint density at radius 3 is 2.46 bits per heavy atom. The maximum atomic E-state index is 12.5. The van der Waals surface area contributed by atoms with E-state index in [0.29, 0.717) is 25.5 Å². The summed E-state index contributed by atoms with van der Waals surface area (Å²) in [6.45, 7) is 8.31. The van der Waals surface area contributed by atoms with Crippen molar-refractivity contribution in [3.05, 3.63) is 0 Å². The Morgan fingerprint density at radius 2 is 1.92 bits per heavy atom. The van der Waals surface area contributed by atoms with Crippen LogP contribution in [0.3, 0.4) is 0 Å². The molecule has 0 aromatic rings.